The van der Waals surface area contributed by atoms with E-state index in [0.29, 0.717) is 10.8 Å². The minimum Gasteiger partial charge on any atom is -0.393 e. The zero-order valence-corrected chi connectivity index (χ0v) is 14.8. The van der Waals surface area contributed by atoms with Crippen LogP contribution < -0.4 is 0 Å². The van der Waals surface area contributed by atoms with Crippen molar-refractivity contribution in [2.75, 3.05) is 0 Å². The summed E-state index contributed by atoms with van der Waals surface area (Å²) in [5.74, 6) is 3.65. The average Bonchev–Trinajstić information content (AvgIpc) is 2.84. The third-order valence-corrected chi connectivity index (χ3v) is 8.83. The van der Waals surface area contributed by atoms with Crippen LogP contribution in [0.3, 0.4) is 0 Å². The van der Waals surface area contributed by atoms with Gasteiger partial charge in [-0.15, -0.1) is 0 Å². The Balaban J connectivity index is 1.63. The van der Waals surface area contributed by atoms with Gasteiger partial charge < -0.3 is 5.11 Å². The largest absolute Gasteiger partial charge is 0.393 e. The van der Waals surface area contributed by atoms with Crippen LogP contribution in [0.5, 0.6) is 0 Å². The first-order valence-corrected chi connectivity index (χ1v) is 9.83. The SMILES string of the molecule is C/C=C1/CC[C@H]2[C@@H]3CC[C@@H]4C[C@H](O)CC[C@]4(C)[C@H]3CC[C@]12C. The smallest absolute Gasteiger partial charge is 0.0543 e. The Morgan fingerprint density at radius 1 is 1.00 bits per heavy atom. The fourth-order valence-electron chi connectivity index (χ4n) is 7.56. The molecular formula is C21H34O. The van der Waals surface area contributed by atoms with Crippen LogP contribution in [0.4, 0.5) is 0 Å². The van der Waals surface area contributed by atoms with E-state index in [1.54, 1.807) is 5.57 Å². The molecule has 0 bridgehead atoms. The van der Waals surface area contributed by atoms with Gasteiger partial charge in [-0.2, -0.15) is 0 Å². The minimum atomic E-state index is -0.00964. The molecular weight excluding hydrogens is 268 g/mol. The molecule has 4 fully saturated rings. The highest BCUT2D eigenvalue weighted by Gasteiger charge is 2.58. The number of allylic oxidation sites excluding steroid dienone is 2. The molecule has 0 radical (unpaired) electrons. The molecule has 4 rings (SSSR count). The van der Waals surface area contributed by atoms with E-state index < -0.39 is 0 Å². The van der Waals surface area contributed by atoms with Crippen molar-refractivity contribution < 1.29 is 5.11 Å². The lowest BCUT2D eigenvalue weighted by atomic mass is 9.45. The van der Waals surface area contributed by atoms with E-state index in [-0.39, 0.29) is 6.10 Å². The number of aliphatic hydroxyl groups is 1. The normalized spacial score (nSPS) is 56.4. The van der Waals surface area contributed by atoms with E-state index in [9.17, 15) is 5.11 Å². The molecule has 0 aliphatic heterocycles. The van der Waals surface area contributed by atoms with E-state index in [1.165, 1.54) is 44.9 Å². The summed E-state index contributed by atoms with van der Waals surface area (Å²) in [5.41, 5.74) is 2.82. The summed E-state index contributed by atoms with van der Waals surface area (Å²) in [6.45, 7) is 7.43. The number of fused-ring (bicyclic) bond motifs is 5. The monoisotopic (exact) mass is 302 g/mol. The highest BCUT2D eigenvalue weighted by Crippen LogP contribution is 2.67. The first-order valence-electron chi connectivity index (χ1n) is 9.83. The predicted molar refractivity (Wildman–Crippen MR) is 91.5 cm³/mol. The van der Waals surface area contributed by atoms with Crippen molar-refractivity contribution in [2.45, 2.75) is 84.7 Å². The zero-order chi connectivity index (χ0) is 15.5. The summed E-state index contributed by atoms with van der Waals surface area (Å²) in [6, 6.07) is 0. The predicted octanol–water partition coefficient (Wildman–Crippen LogP) is 5.34. The molecule has 1 nitrogen and oxygen atoms in total. The van der Waals surface area contributed by atoms with Gasteiger partial charge in [0, 0.05) is 0 Å². The van der Waals surface area contributed by atoms with Crippen molar-refractivity contribution in [3.8, 4) is 0 Å². The zero-order valence-electron chi connectivity index (χ0n) is 14.8. The van der Waals surface area contributed by atoms with Gasteiger partial charge in [0.2, 0.25) is 0 Å². The van der Waals surface area contributed by atoms with Crippen LogP contribution in [0.25, 0.3) is 0 Å². The van der Waals surface area contributed by atoms with Gasteiger partial charge in [-0.3, -0.25) is 0 Å². The lowest BCUT2D eigenvalue weighted by Gasteiger charge is -2.60. The first-order chi connectivity index (χ1) is 10.5. The van der Waals surface area contributed by atoms with Crippen molar-refractivity contribution >= 4 is 0 Å². The molecule has 124 valence electrons. The molecule has 0 heterocycles. The highest BCUT2D eigenvalue weighted by molar-refractivity contribution is 5.23. The van der Waals surface area contributed by atoms with Crippen molar-refractivity contribution in [1.82, 2.24) is 0 Å². The lowest BCUT2D eigenvalue weighted by molar-refractivity contribution is -0.116. The van der Waals surface area contributed by atoms with Gasteiger partial charge >= 0.3 is 0 Å². The second kappa shape index (κ2) is 5.10. The van der Waals surface area contributed by atoms with Gasteiger partial charge in [0.1, 0.15) is 0 Å². The van der Waals surface area contributed by atoms with Crippen LogP contribution in [0, 0.1) is 34.5 Å². The molecule has 7 atom stereocenters. The molecule has 22 heavy (non-hydrogen) atoms. The van der Waals surface area contributed by atoms with Crippen LogP contribution in [0.1, 0.15) is 78.6 Å². The maximum Gasteiger partial charge on any atom is 0.0543 e. The fraction of sp³-hybridized carbons (Fsp3) is 0.905. The summed E-state index contributed by atoms with van der Waals surface area (Å²) in [5, 5.41) is 10.1. The molecule has 0 spiro atoms. The van der Waals surface area contributed by atoms with E-state index in [2.05, 4.69) is 26.8 Å². The molecule has 0 saturated heterocycles. The standard InChI is InChI=1S/C21H34O/c1-4-14-6-8-18-17-7-5-15-13-16(22)9-11-21(15,3)19(17)10-12-20(14,18)2/h4,15-19,22H,5-13H2,1-3H3/b14-4-/t15-,16-,17+,18+,19+,20-,21+/m1/s1. The first kappa shape index (κ1) is 15.2. The van der Waals surface area contributed by atoms with E-state index >= 15 is 0 Å². The van der Waals surface area contributed by atoms with Crippen molar-refractivity contribution in [1.29, 1.82) is 0 Å². The summed E-state index contributed by atoms with van der Waals surface area (Å²) in [4.78, 5) is 0. The van der Waals surface area contributed by atoms with Crippen LogP contribution in [0.15, 0.2) is 11.6 Å². The fourth-order valence-corrected chi connectivity index (χ4v) is 7.56. The molecule has 4 aliphatic rings. The van der Waals surface area contributed by atoms with Crippen LogP contribution in [-0.2, 0) is 0 Å². The van der Waals surface area contributed by atoms with Gasteiger partial charge in [0.05, 0.1) is 6.10 Å². The third-order valence-electron chi connectivity index (χ3n) is 8.83. The Labute approximate surface area is 136 Å². The quantitative estimate of drug-likeness (QED) is 0.599. The highest BCUT2D eigenvalue weighted by atomic mass is 16.3. The Bertz CT molecular complexity index is 480. The number of hydrogen-bond acceptors (Lipinski definition) is 1. The van der Waals surface area contributed by atoms with Gasteiger partial charge in [0.25, 0.3) is 0 Å². The lowest BCUT2D eigenvalue weighted by Crippen LogP contribution is -2.53. The van der Waals surface area contributed by atoms with Gasteiger partial charge in [-0.05, 0) is 99.2 Å². The molecule has 0 amide bonds. The van der Waals surface area contributed by atoms with E-state index in [0.717, 1.165) is 36.5 Å². The van der Waals surface area contributed by atoms with Gasteiger partial charge in [0.15, 0.2) is 0 Å². The summed E-state index contributed by atoms with van der Waals surface area (Å²) >= 11 is 0. The second-order valence-corrected chi connectivity index (χ2v) is 9.39. The molecule has 0 unspecified atom stereocenters. The number of rotatable bonds is 0. The molecule has 1 N–H and O–H groups in total. The summed E-state index contributed by atoms with van der Waals surface area (Å²) < 4.78 is 0. The topological polar surface area (TPSA) is 20.2 Å². The molecule has 0 aromatic carbocycles. The molecule has 0 aromatic rings. The maximum atomic E-state index is 10.1. The van der Waals surface area contributed by atoms with Crippen molar-refractivity contribution in [3.63, 3.8) is 0 Å². The Kier molecular flexibility index (Phi) is 3.53. The molecule has 0 aromatic heterocycles. The van der Waals surface area contributed by atoms with Crippen molar-refractivity contribution in [3.05, 3.63) is 11.6 Å². The molecule has 4 aliphatic carbocycles. The summed E-state index contributed by atoms with van der Waals surface area (Å²) in [6.07, 6.45) is 14.3. The Hall–Kier alpha value is -0.300. The van der Waals surface area contributed by atoms with Crippen LogP contribution in [0.2, 0.25) is 0 Å². The van der Waals surface area contributed by atoms with Crippen LogP contribution >= 0.6 is 0 Å². The average molecular weight is 303 g/mol. The number of aliphatic hydroxyl groups excluding tert-OH is 1. The van der Waals surface area contributed by atoms with Crippen LogP contribution in [-0.4, -0.2) is 11.2 Å². The van der Waals surface area contributed by atoms with Gasteiger partial charge in [-0.25, -0.2) is 0 Å². The van der Waals surface area contributed by atoms with Gasteiger partial charge in [-0.1, -0.05) is 25.5 Å². The van der Waals surface area contributed by atoms with E-state index in [4.69, 9.17) is 0 Å². The maximum absolute atomic E-state index is 10.1. The molecule has 1 heteroatoms. The Morgan fingerprint density at radius 2 is 1.82 bits per heavy atom. The number of hydrogen-bond donors (Lipinski definition) is 1. The van der Waals surface area contributed by atoms with E-state index in [1.807, 2.05) is 0 Å². The molecule has 4 saturated carbocycles. The Morgan fingerprint density at radius 3 is 2.59 bits per heavy atom. The summed E-state index contributed by atoms with van der Waals surface area (Å²) in [7, 11) is 0. The van der Waals surface area contributed by atoms with Crippen molar-refractivity contribution in [2.24, 2.45) is 34.5 Å². The third kappa shape index (κ3) is 1.93. The minimum absolute atomic E-state index is 0.00964. The second-order valence-electron chi connectivity index (χ2n) is 9.39.